The number of aliphatic carboxylic acids is 1. The zero-order chi connectivity index (χ0) is 16.4. The lowest BCUT2D eigenvalue weighted by Crippen LogP contribution is -2.26. The van der Waals surface area contributed by atoms with Gasteiger partial charge in [-0.3, -0.25) is 9.59 Å². The number of aryl methyl sites for hydroxylation is 2. The van der Waals surface area contributed by atoms with Crippen molar-refractivity contribution in [3.8, 4) is 0 Å². The maximum Gasteiger partial charge on any atom is 0.323 e. The molecule has 1 aromatic carbocycles. The molecule has 1 aliphatic carbocycles. The fourth-order valence-corrected chi connectivity index (χ4v) is 3.12. The van der Waals surface area contributed by atoms with E-state index >= 15 is 0 Å². The van der Waals surface area contributed by atoms with Crippen LogP contribution in [0.3, 0.4) is 0 Å². The Labute approximate surface area is 132 Å². The van der Waals surface area contributed by atoms with Crippen molar-refractivity contribution in [2.75, 3.05) is 0 Å². The van der Waals surface area contributed by atoms with E-state index in [-0.39, 0.29) is 17.9 Å². The fourth-order valence-electron chi connectivity index (χ4n) is 3.12. The van der Waals surface area contributed by atoms with Crippen LogP contribution in [0.1, 0.15) is 29.1 Å². The van der Waals surface area contributed by atoms with E-state index < -0.39 is 5.97 Å². The SMILES string of the molecule is O=C(O)Cn1c(CCc2cccc(F)c2)nc(=O)c2c1CCC2. The molecular weight excluding hydrogens is 299 g/mol. The van der Waals surface area contributed by atoms with Crippen molar-refractivity contribution in [3.05, 3.63) is 63.1 Å². The van der Waals surface area contributed by atoms with Gasteiger partial charge >= 0.3 is 5.97 Å². The minimum absolute atomic E-state index is 0.200. The summed E-state index contributed by atoms with van der Waals surface area (Å²) in [4.78, 5) is 27.3. The molecule has 1 N–H and O–H groups in total. The Morgan fingerprint density at radius 2 is 2.13 bits per heavy atom. The number of benzene rings is 1. The number of rotatable bonds is 5. The first-order valence-corrected chi connectivity index (χ1v) is 7.62. The molecule has 0 unspecified atom stereocenters. The van der Waals surface area contributed by atoms with Gasteiger partial charge in [0.15, 0.2) is 0 Å². The third-order valence-corrected chi connectivity index (χ3v) is 4.13. The van der Waals surface area contributed by atoms with E-state index in [1.165, 1.54) is 12.1 Å². The molecule has 0 atom stereocenters. The minimum Gasteiger partial charge on any atom is -0.480 e. The summed E-state index contributed by atoms with van der Waals surface area (Å²) in [7, 11) is 0. The van der Waals surface area contributed by atoms with Crippen molar-refractivity contribution in [1.29, 1.82) is 0 Å². The number of nitrogens with zero attached hydrogens (tertiary/aromatic N) is 2. The maximum atomic E-state index is 13.2. The number of aromatic nitrogens is 2. The first-order valence-electron chi connectivity index (χ1n) is 7.62. The highest BCUT2D eigenvalue weighted by Crippen LogP contribution is 2.20. The molecular formula is C17H17FN2O3. The molecule has 0 bridgehead atoms. The standard InChI is InChI=1S/C17H17FN2O3/c18-12-4-1-3-11(9-12)7-8-15-19-17(23)13-5-2-6-14(13)20(15)10-16(21)22/h1,3-4,9H,2,5-8,10H2,(H,21,22). The lowest BCUT2D eigenvalue weighted by atomic mass is 10.1. The molecule has 0 amide bonds. The number of carbonyl (C=O) groups is 1. The van der Waals surface area contributed by atoms with Crippen LogP contribution in [0.2, 0.25) is 0 Å². The predicted octanol–water partition coefficient (Wildman–Crippen LogP) is 1.74. The molecule has 3 rings (SSSR count). The van der Waals surface area contributed by atoms with Gasteiger partial charge in [-0.05, 0) is 43.4 Å². The van der Waals surface area contributed by atoms with E-state index in [1.54, 1.807) is 16.7 Å². The first kappa shape index (κ1) is 15.4. The van der Waals surface area contributed by atoms with Crippen molar-refractivity contribution in [2.24, 2.45) is 0 Å². The van der Waals surface area contributed by atoms with Crippen LogP contribution in [0, 0.1) is 5.82 Å². The van der Waals surface area contributed by atoms with E-state index in [4.69, 9.17) is 5.11 Å². The molecule has 120 valence electrons. The van der Waals surface area contributed by atoms with Crippen molar-refractivity contribution in [3.63, 3.8) is 0 Å². The Hall–Kier alpha value is -2.50. The van der Waals surface area contributed by atoms with Gasteiger partial charge in [0, 0.05) is 17.7 Å². The van der Waals surface area contributed by atoms with Gasteiger partial charge in [-0.15, -0.1) is 0 Å². The van der Waals surface area contributed by atoms with E-state index in [9.17, 15) is 14.0 Å². The summed E-state index contributed by atoms with van der Waals surface area (Å²) in [6, 6.07) is 6.24. The quantitative estimate of drug-likeness (QED) is 0.912. The molecule has 1 heterocycles. The zero-order valence-electron chi connectivity index (χ0n) is 12.6. The normalized spacial score (nSPS) is 13.1. The van der Waals surface area contributed by atoms with Crippen molar-refractivity contribution >= 4 is 5.97 Å². The van der Waals surface area contributed by atoms with Crippen LogP contribution in [0.25, 0.3) is 0 Å². The van der Waals surface area contributed by atoms with Crippen molar-refractivity contribution < 1.29 is 14.3 Å². The molecule has 0 fully saturated rings. The molecule has 5 nitrogen and oxygen atoms in total. The van der Waals surface area contributed by atoms with E-state index in [1.807, 2.05) is 0 Å². The highest BCUT2D eigenvalue weighted by atomic mass is 19.1. The zero-order valence-corrected chi connectivity index (χ0v) is 12.6. The lowest BCUT2D eigenvalue weighted by molar-refractivity contribution is -0.137. The van der Waals surface area contributed by atoms with E-state index in [0.29, 0.717) is 37.1 Å². The second-order valence-corrected chi connectivity index (χ2v) is 5.72. The van der Waals surface area contributed by atoms with Crippen LogP contribution in [0.5, 0.6) is 0 Å². The summed E-state index contributed by atoms with van der Waals surface area (Å²) < 4.78 is 14.9. The summed E-state index contributed by atoms with van der Waals surface area (Å²) in [5.74, 6) is -0.814. The van der Waals surface area contributed by atoms with Crippen LogP contribution in [-0.2, 0) is 37.0 Å². The summed E-state index contributed by atoms with van der Waals surface area (Å²) in [6.07, 6.45) is 3.11. The fraction of sp³-hybridized carbons (Fsp3) is 0.353. The van der Waals surface area contributed by atoms with Crippen molar-refractivity contribution in [2.45, 2.75) is 38.6 Å². The molecule has 2 aromatic rings. The molecule has 0 aliphatic heterocycles. The Morgan fingerprint density at radius 3 is 2.87 bits per heavy atom. The van der Waals surface area contributed by atoms with Crippen LogP contribution < -0.4 is 5.56 Å². The third kappa shape index (κ3) is 3.31. The van der Waals surface area contributed by atoms with Crippen LogP contribution in [0.4, 0.5) is 4.39 Å². The third-order valence-electron chi connectivity index (χ3n) is 4.13. The number of halogens is 1. The predicted molar refractivity (Wildman–Crippen MR) is 82.0 cm³/mol. The maximum absolute atomic E-state index is 13.2. The summed E-state index contributed by atoms with van der Waals surface area (Å²) >= 11 is 0. The monoisotopic (exact) mass is 316 g/mol. The number of carboxylic acid groups (broad SMARTS) is 1. The second kappa shape index (κ2) is 6.32. The number of carboxylic acids is 1. The summed E-state index contributed by atoms with van der Waals surface area (Å²) in [6.45, 7) is -0.200. The molecule has 6 heteroatoms. The van der Waals surface area contributed by atoms with Gasteiger partial charge in [-0.1, -0.05) is 12.1 Å². The van der Waals surface area contributed by atoms with Crippen molar-refractivity contribution in [1.82, 2.24) is 9.55 Å². The average Bonchev–Trinajstić information content (AvgIpc) is 2.98. The molecule has 1 aliphatic rings. The van der Waals surface area contributed by atoms with Gasteiger partial charge < -0.3 is 9.67 Å². The smallest absolute Gasteiger partial charge is 0.323 e. The largest absolute Gasteiger partial charge is 0.480 e. The Bertz CT molecular complexity index is 814. The Morgan fingerprint density at radius 1 is 1.30 bits per heavy atom. The Balaban J connectivity index is 1.93. The number of fused-ring (bicyclic) bond motifs is 1. The number of hydrogen-bond acceptors (Lipinski definition) is 3. The van der Waals surface area contributed by atoms with Gasteiger partial charge in [0.2, 0.25) is 0 Å². The molecule has 0 saturated carbocycles. The van der Waals surface area contributed by atoms with Gasteiger partial charge in [0.25, 0.3) is 5.56 Å². The number of hydrogen-bond donors (Lipinski definition) is 1. The second-order valence-electron chi connectivity index (χ2n) is 5.72. The van der Waals surface area contributed by atoms with Gasteiger partial charge in [-0.2, -0.15) is 4.98 Å². The van der Waals surface area contributed by atoms with Gasteiger partial charge in [0.1, 0.15) is 18.2 Å². The molecule has 23 heavy (non-hydrogen) atoms. The Kier molecular flexibility index (Phi) is 4.23. The molecule has 0 radical (unpaired) electrons. The first-order chi connectivity index (χ1) is 11.0. The van der Waals surface area contributed by atoms with Crippen LogP contribution >= 0.6 is 0 Å². The van der Waals surface area contributed by atoms with Crippen LogP contribution in [0.15, 0.2) is 29.1 Å². The molecule has 1 aromatic heterocycles. The summed E-state index contributed by atoms with van der Waals surface area (Å²) in [5, 5.41) is 9.14. The topological polar surface area (TPSA) is 72.2 Å². The highest BCUT2D eigenvalue weighted by Gasteiger charge is 2.22. The van der Waals surface area contributed by atoms with Gasteiger partial charge in [0.05, 0.1) is 0 Å². The lowest BCUT2D eigenvalue weighted by Gasteiger charge is -2.15. The van der Waals surface area contributed by atoms with Gasteiger partial charge in [-0.25, -0.2) is 4.39 Å². The molecule has 0 saturated heterocycles. The summed E-state index contributed by atoms with van der Waals surface area (Å²) in [5.41, 5.74) is 1.97. The van der Waals surface area contributed by atoms with Crippen LogP contribution in [-0.4, -0.2) is 20.6 Å². The average molecular weight is 316 g/mol. The highest BCUT2D eigenvalue weighted by molar-refractivity contribution is 5.66. The molecule has 0 spiro atoms. The van der Waals surface area contributed by atoms with E-state index in [0.717, 1.165) is 17.7 Å². The minimum atomic E-state index is -0.962. The van der Waals surface area contributed by atoms with E-state index in [2.05, 4.69) is 4.98 Å².